The second-order valence-electron chi connectivity index (χ2n) is 11.0. The van der Waals surface area contributed by atoms with E-state index in [4.69, 9.17) is 4.74 Å². The number of aryl methyl sites for hydroxylation is 1. The molecule has 1 aromatic rings. The quantitative estimate of drug-likeness (QED) is 0.313. The number of rotatable bonds is 11. The normalized spacial score (nSPS) is 14.2. The summed E-state index contributed by atoms with van der Waals surface area (Å²) >= 11 is 4.32. The van der Waals surface area contributed by atoms with Gasteiger partial charge < -0.3 is 25.4 Å². The first-order chi connectivity index (χ1) is 16.6. The van der Waals surface area contributed by atoms with E-state index in [1.54, 1.807) is 45.9 Å². The van der Waals surface area contributed by atoms with Gasteiger partial charge in [0.2, 0.25) is 11.8 Å². The Labute approximate surface area is 222 Å². The first-order valence-corrected chi connectivity index (χ1v) is 13.2. The van der Waals surface area contributed by atoms with Crippen LogP contribution in [0.15, 0.2) is 18.2 Å². The monoisotopic (exact) mass is 523 g/mol. The van der Waals surface area contributed by atoms with E-state index < -0.39 is 35.6 Å². The summed E-state index contributed by atoms with van der Waals surface area (Å²) in [6.07, 6.45) is 0.716. The Balaban J connectivity index is 3.60. The van der Waals surface area contributed by atoms with Crippen LogP contribution in [-0.2, 0) is 14.3 Å². The van der Waals surface area contributed by atoms with Gasteiger partial charge in [-0.05, 0) is 72.8 Å². The molecule has 0 aromatic heterocycles. The predicted molar refractivity (Wildman–Crippen MR) is 146 cm³/mol. The van der Waals surface area contributed by atoms with E-state index in [1.807, 2.05) is 20.8 Å². The summed E-state index contributed by atoms with van der Waals surface area (Å²) in [7, 11) is 0. The van der Waals surface area contributed by atoms with Crippen molar-refractivity contribution >= 4 is 30.5 Å². The van der Waals surface area contributed by atoms with Crippen LogP contribution < -0.4 is 10.6 Å². The molecule has 0 bridgehead atoms. The number of benzene rings is 1. The first-order valence-electron chi connectivity index (χ1n) is 12.6. The third-order valence-electron chi connectivity index (χ3n) is 5.58. The van der Waals surface area contributed by atoms with E-state index in [2.05, 4.69) is 37.1 Å². The van der Waals surface area contributed by atoms with Crippen LogP contribution in [0, 0.1) is 12.8 Å². The van der Waals surface area contributed by atoms with Crippen LogP contribution in [0.5, 0.6) is 5.75 Å². The number of thiol groups is 1. The standard InChI is InChI=1S/C27H45N3O5S/c1-16(2)13-14-19(6)30(25(33)21(15-36)29-26(34)35-27(7,8)9)22(24(32)28-17(3)4)20-12-10-11-18(5)23(20)31/h10-12,16-17,19,21-22,31,36H,13-15H2,1-9H3,(H,28,32)(H,29,34). The molecule has 1 aromatic carbocycles. The average Bonchev–Trinajstić information content (AvgIpc) is 2.74. The highest BCUT2D eigenvalue weighted by atomic mass is 32.1. The van der Waals surface area contributed by atoms with E-state index in [0.29, 0.717) is 23.5 Å². The van der Waals surface area contributed by atoms with E-state index in [1.165, 1.54) is 4.90 Å². The minimum absolute atomic E-state index is 0.00377. The van der Waals surface area contributed by atoms with Crippen molar-refractivity contribution in [2.45, 2.75) is 105 Å². The molecule has 3 atom stereocenters. The number of para-hydroxylation sites is 1. The van der Waals surface area contributed by atoms with Crippen molar-refractivity contribution in [2.24, 2.45) is 5.92 Å². The summed E-state index contributed by atoms with van der Waals surface area (Å²) in [4.78, 5) is 41.6. The highest BCUT2D eigenvalue weighted by Crippen LogP contribution is 2.34. The Kier molecular flexibility index (Phi) is 12.1. The molecule has 36 heavy (non-hydrogen) atoms. The number of phenolic OH excluding ortho intramolecular Hbond substituents is 1. The molecule has 0 aliphatic heterocycles. The van der Waals surface area contributed by atoms with Crippen LogP contribution in [0.4, 0.5) is 4.79 Å². The van der Waals surface area contributed by atoms with Crippen LogP contribution in [0.2, 0.25) is 0 Å². The van der Waals surface area contributed by atoms with Crippen molar-refractivity contribution in [3.05, 3.63) is 29.3 Å². The highest BCUT2D eigenvalue weighted by Gasteiger charge is 2.39. The summed E-state index contributed by atoms with van der Waals surface area (Å²) in [5.41, 5.74) is 0.175. The molecule has 8 nitrogen and oxygen atoms in total. The summed E-state index contributed by atoms with van der Waals surface area (Å²) in [5.74, 6) is -0.537. The van der Waals surface area contributed by atoms with Gasteiger partial charge in [0.05, 0.1) is 0 Å². The van der Waals surface area contributed by atoms with E-state index in [-0.39, 0.29) is 23.6 Å². The van der Waals surface area contributed by atoms with Crippen LogP contribution in [0.25, 0.3) is 0 Å². The van der Waals surface area contributed by atoms with Crippen molar-refractivity contribution in [1.82, 2.24) is 15.5 Å². The molecule has 204 valence electrons. The number of carbonyl (C=O) groups is 3. The molecule has 0 spiro atoms. The van der Waals surface area contributed by atoms with Crippen LogP contribution >= 0.6 is 12.6 Å². The van der Waals surface area contributed by atoms with Gasteiger partial charge in [0.25, 0.3) is 0 Å². The van der Waals surface area contributed by atoms with Crippen molar-refractivity contribution in [3.8, 4) is 5.75 Å². The maximum atomic E-state index is 14.0. The molecule has 0 aliphatic rings. The Morgan fingerprint density at radius 1 is 1.06 bits per heavy atom. The van der Waals surface area contributed by atoms with Gasteiger partial charge in [-0.2, -0.15) is 12.6 Å². The van der Waals surface area contributed by atoms with Crippen molar-refractivity contribution in [2.75, 3.05) is 5.75 Å². The number of alkyl carbamates (subject to hydrolysis) is 1. The molecule has 0 saturated heterocycles. The first kappa shape index (κ1) is 31.6. The van der Waals surface area contributed by atoms with Gasteiger partial charge in [0, 0.05) is 23.4 Å². The minimum Gasteiger partial charge on any atom is -0.507 e. The number of hydrogen-bond donors (Lipinski definition) is 4. The molecule has 0 saturated carbocycles. The van der Waals surface area contributed by atoms with Crippen molar-refractivity contribution in [3.63, 3.8) is 0 Å². The molecule has 3 unspecified atom stereocenters. The van der Waals surface area contributed by atoms with Gasteiger partial charge in [0.1, 0.15) is 23.4 Å². The Morgan fingerprint density at radius 2 is 1.67 bits per heavy atom. The zero-order chi connectivity index (χ0) is 27.8. The second kappa shape index (κ2) is 13.8. The van der Waals surface area contributed by atoms with Gasteiger partial charge in [-0.25, -0.2) is 4.79 Å². The van der Waals surface area contributed by atoms with Crippen LogP contribution in [0.3, 0.4) is 0 Å². The maximum absolute atomic E-state index is 14.0. The number of phenols is 1. The third kappa shape index (κ3) is 9.56. The van der Waals surface area contributed by atoms with Crippen LogP contribution in [0.1, 0.15) is 85.4 Å². The summed E-state index contributed by atoms with van der Waals surface area (Å²) < 4.78 is 5.35. The molecule has 0 radical (unpaired) electrons. The number of aromatic hydroxyl groups is 1. The van der Waals surface area contributed by atoms with Gasteiger partial charge in [-0.1, -0.05) is 32.0 Å². The fraction of sp³-hybridized carbons (Fsp3) is 0.667. The Hall–Kier alpha value is -2.42. The van der Waals surface area contributed by atoms with Gasteiger partial charge in [0.15, 0.2) is 0 Å². The number of ether oxygens (including phenoxy) is 1. The number of carbonyl (C=O) groups excluding carboxylic acids is 3. The summed E-state index contributed by atoms with van der Waals surface area (Å²) in [5, 5.41) is 16.4. The predicted octanol–water partition coefficient (Wildman–Crippen LogP) is 4.74. The summed E-state index contributed by atoms with van der Waals surface area (Å²) in [6, 6.07) is 2.44. The molecular weight excluding hydrogens is 478 g/mol. The third-order valence-corrected chi connectivity index (χ3v) is 5.95. The zero-order valence-corrected chi connectivity index (χ0v) is 24.1. The number of amides is 3. The Bertz CT molecular complexity index is 898. The van der Waals surface area contributed by atoms with E-state index >= 15 is 0 Å². The maximum Gasteiger partial charge on any atom is 0.408 e. The summed E-state index contributed by atoms with van der Waals surface area (Å²) in [6.45, 7) is 16.7. The molecule has 0 fully saturated rings. The molecular formula is C27H45N3O5S. The lowest BCUT2D eigenvalue weighted by atomic mass is 9.95. The lowest BCUT2D eigenvalue weighted by molar-refractivity contribution is -0.145. The smallest absolute Gasteiger partial charge is 0.408 e. The fourth-order valence-electron chi connectivity index (χ4n) is 3.81. The van der Waals surface area contributed by atoms with E-state index in [9.17, 15) is 19.5 Å². The zero-order valence-electron chi connectivity index (χ0n) is 23.2. The van der Waals surface area contributed by atoms with E-state index in [0.717, 1.165) is 6.42 Å². The fourth-order valence-corrected chi connectivity index (χ4v) is 4.06. The minimum atomic E-state index is -1.11. The SMILES string of the molecule is Cc1cccc(C(C(=O)NC(C)C)N(C(=O)C(CS)NC(=O)OC(C)(C)C)C(C)CCC(C)C)c1O. The lowest BCUT2D eigenvalue weighted by Gasteiger charge is -2.39. The number of hydrogen-bond acceptors (Lipinski definition) is 6. The van der Waals surface area contributed by atoms with Crippen LogP contribution in [-0.4, -0.2) is 57.4 Å². The topological polar surface area (TPSA) is 108 Å². The van der Waals surface area contributed by atoms with Gasteiger partial charge in [-0.15, -0.1) is 0 Å². The lowest BCUT2D eigenvalue weighted by Crippen LogP contribution is -2.56. The van der Waals surface area contributed by atoms with Gasteiger partial charge >= 0.3 is 6.09 Å². The molecule has 0 heterocycles. The molecule has 3 amide bonds. The molecule has 9 heteroatoms. The Morgan fingerprint density at radius 3 is 2.17 bits per heavy atom. The average molecular weight is 524 g/mol. The highest BCUT2D eigenvalue weighted by molar-refractivity contribution is 7.80. The number of nitrogens with one attached hydrogen (secondary N) is 2. The largest absolute Gasteiger partial charge is 0.507 e. The van der Waals surface area contributed by atoms with Crippen molar-refractivity contribution in [1.29, 1.82) is 0 Å². The second-order valence-corrected chi connectivity index (χ2v) is 11.4. The van der Waals surface area contributed by atoms with Gasteiger partial charge in [-0.3, -0.25) is 9.59 Å². The number of nitrogens with zero attached hydrogens (tertiary/aromatic N) is 1. The van der Waals surface area contributed by atoms with Crippen molar-refractivity contribution < 1.29 is 24.2 Å². The molecule has 3 N–H and O–H groups in total. The molecule has 0 aliphatic carbocycles. The molecule has 1 rings (SSSR count).